The van der Waals surface area contributed by atoms with Crippen molar-refractivity contribution < 1.29 is 9.36 Å². The van der Waals surface area contributed by atoms with Crippen LogP contribution in [0, 0.1) is 0 Å². The van der Waals surface area contributed by atoms with E-state index in [0.717, 1.165) is 17.8 Å². The molecule has 0 saturated heterocycles. The molecular weight excluding hydrogens is 244 g/mol. The van der Waals surface area contributed by atoms with Gasteiger partial charge in [0.1, 0.15) is 5.69 Å². The summed E-state index contributed by atoms with van der Waals surface area (Å²) in [7, 11) is 0. The fraction of sp³-hybridized carbons (Fsp3) is 0.286. The first-order chi connectivity index (χ1) is 8.68. The Hall–Kier alpha value is -1.68. The Morgan fingerprint density at radius 1 is 1.44 bits per heavy atom. The molecule has 92 valence electrons. The fourth-order valence-electron chi connectivity index (χ4n) is 2.60. The van der Waals surface area contributed by atoms with E-state index in [9.17, 15) is 4.79 Å². The summed E-state index contributed by atoms with van der Waals surface area (Å²) in [5.41, 5.74) is 2.09. The van der Waals surface area contributed by atoms with Crippen LogP contribution in [0.4, 0.5) is 5.69 Å². The third-order valence-corrected chi connectivity index (χ3v) is 4.23. The minimum atomic E-state index is 0.103. The molecule has 1 aliphatic heterocycles. The van der Waals surface area contributed by atoms with E-state index >= 15 is 0 Å². The van der Waals surface area contributed by atoms with Gasteiger partial charge in [-0.25, -0.2) is 0 Å². The van der Waals surface area contributed by atoms with Gasteiger partial charge in [-0.3, -0.25) is 4.79 Å². The second kappa shape index (κ2) is 4.21. The van der Waals surface area contributed by atoms with Gasteiger partial charge in [0, 0.05) is 19.0 Å². The number of amides is 1. The average molecular weight is 259 g/mol. The van der Waals surface area contributed by atoms with Gasteiger partial charge in [-0.05, 0) is 13.0 Å². The Kier molecular flexibility index (Phi) is 2.67. The standard InChI is InChI=1S/C14H15N2OS/c1-10-9-14-15(7-8-18-14)12-5-3-4-6-13(12)16(10)11(2)17/h3-8,10H,9H2,1-2H3/q+1/t10-/m0/s1. The molecule has 2 heterocycles. The lowest BCUT2D eigenvalue weighted by Gasteiger charge is -2.25. The molecule has 0 saturated carbocycles. The van der Waals surface area contributed by atoms with Crippen LogP contribution in [-0.4, -0.2) is 11.9 Å². The third kappa shape index (κ3) is 1.64. The minimum Gasteiger partial charge on any atom is -0.303 e. The summed E-state index contributed by atoms with van der Waals surface area (Å²) in [4.78, 5) is 13.8. The van der Waals surface area contributed by atoms with Crippen LogP contribution in [0.2, 0.25) is 0 Å². The number of nitrogens with zero attached hydrogens (tertiary/aromatic N) is 2. The number of para-hydroxylation sites is 2. The van der Waals surface area contributed by atoms with Crippen molar-refractivity contribution >= 4 is 22.9 Å². The fourth-order valence-corrected chi connectivity index (χ4v) is 3.55. The van der Waals surface area contributed by atoms with Crippen LogP contribution in [0.15, 0.2) is 35.8 Å². The smallest absolute Gasteiger partial charge is 0.245 e. The number of thiazole rings is 1. The van der Waals surface area contributed by atoms with Crippen molar-refractivity contribution in [1.29, 1.82) is 0 Å². The summed E-state index contributed by atoms with van der Waals surface area (Å²) < 4.78 is 2.19. The number of aromatic nitrogens is 1. The molecule has 0 bridgehead atoms. The topological polar surface area (TPSA) is 24.2 Å². The van der Waals surface area contributed by atoms with Gasteiger partial charge in [0.25, 0.3) is 0 Å². The van der Waals surface area contributed by atoms with E-state index in [1.165, 1.54) is 5.01 Å². The zero-order valence-electron chi connectivity index (χ0n) is 10.5. The summed E-state index contributed by atoms with van der Waals surface area (Å²) in [6.07, 6.45) is 2.97. The van der Waals surface area contributed by atoms with Crippen LogP contribution in [0.1, 0.15) is 18.9 Å². The average Bonchev–Trinajstić information content (AvgIpc) is 2.73. The highest BCUT2D eigenvalue weighted by molar-refractivity contribution is 7.09. The van der Waals surface area contributed by atoms with E-state index in [1.54, 1.807) is 18.3 Å². The summed E-state index contributed by atoms with van der Waals surface area (Å²) in [5, 5.41) is 3.39. The molecule has 1 aromatic heterocycles. The van der Waals surface area contributed by atoms with E-state index in [1.807, 2.05) is 23.1 Å². The number of carbonyl (C=O) groups excluding carboxylic acids is 1. The van der Waals surface area contributed by atoms with Gasteiger partial charge < -0.3 is 4.90 Å². The van der Waals surface area contributed by atoms with E-state index in [-0.39, 0.29) is 11.9 Å². The lowest BCUT2D eigenvalue weighted by molar-refractivity contribution is -0.597. The van der Waals surface area contributed by atoms with E-state index in [4.69, 9.17) is 0 Å². The summed E-state index contributed by atoms with van der Waals surface area (Å²) >= 11 is 1.74. The predicted octanol–water partition coefficient (Wildman–Crippen LogP) is 2.32. The molecule has 3 rings (SSSR count). The molecule has 0 aliphatic carbocycles. The maximum atomic E-state index is 11.9. The number of fused-ring (bicyclic) bond motifs is 3. The summed E-state index contributed by atoms with van der Waals surface area (Å²) in [6.45, 7) is 3.74. The van der Waals surface area contributed by atoms with Crippen molar-refractivity contribution in [3.8, 4) is 5.69 Å². The van der Waals surface area contributed by atoms with Gasteiger partial charge >= 0.3 is 0 Å². The zero-order valence-corrected chi connectivity index (χ0v) is 11.3. The zero-order chi connectivity index (χ0) is 12.7. The molecule has 0 fully saturated rings. The Balaban J connectivity index is 2.27. The van der Waals surface area contributed by atoms with Crippen LogP contribution in [0.5, 0.6) is 0 Å². The van der Waals surface area contributed by atoms with Gasteiger partial charge in [0.05, 0.1) is 11.8 Å². The van der Waals surface area contributed by atoms with Crippen LogP contribution < -0.4 is 9.47 Å². The molecule has 18 heavy (non-hydrogen) atoms. The summed E-state index contributed by atoms with van der Waals surface area (Å²) in [5.74, 6) is 0.103. The van der Waals surface area contributed by atoms with Crippen molar-refractivity contribution in [2.75, 3.05) is 4.90 Å². The second-order valence-electron chi connectivity index (χ2n) is 4.60. The molecule has 0 spiro atoms. The maximum absolute atomic E-state index is 11.9. The molecule has 3 nitrogen and oxygen atoms in total. The first-order valence-corrected chi connectivity index (χ1v) is 6.93. The van der Waals surface area contributed by atoms with Crippen LogP contribution in [0.25, 0.3) is 5.69 Å². The quantitative estimate of drug-likeness (QED) is 0.666. The monoisotopic (exact) mass is 259 g/mol. The molecule has 0 N–H and O–H groups in total. The number of anilines is 1. The van der Waals surface area contributed by atoms with Crippen molar-refractivity contribution in [3.63, 3.8) is 0 Å². The van der Waals surface area contributed by atoms with E-state index in [0.29, 0.717) is 0 Å². The third-order valence-electron chi connectivity index (χ3n) is 3.33. The van der Waals surface area contributed by atoms with Gasteiger partial charge in [-0.2, -0.15) is 4.57 Å². The number of rotatable bonds is 0. The highest BCUT2D eigenvalue weighted by atomic mass is 32.1. The Bertz CT molecular complexity index is 605. The Morgan fingerprint density at radius 3 is 3.00 bits per heavy atom. The van der Waals surface area contributed by atoms with Crippen molar-refractivity contribution in [2.45, 2.75) is 26.3 Å². The number of benzene rings is 1. The van der Waals surface area contributed by atoms with Gasteiger partial charge in [-0.15, -0.1) is 0 Å². The minimum absolute atomic E-state index is 0.103. The normalized spacial score (nSPS) is 17.9. The summed E-state index contributed by atoms with van der Waals surface area (Å²) in [6, 6.07) is 8.28. The molecule has 4 heteroatoms. The lowest BCUT2D eigenvalue weighted by Crippen LogP contribution is -2.37. The molecule has 2 aromatic rings. The van der Waals surface area contributed by atoms with Gasteiger partial charge in [0.15, 0.2) is 6.20 Å². The van der Waals surface area contributed by atoms with Gasteiger partial charge in [-0.1, -0.05) is 23.5 Å². The lowest BCUT2D eigenvalue weighted by atomic mass is 10.2. The Morgan fingerprint density at radius 2 is 2.22 bits per heavy atom. The molecule has 1 atom stereocenters. The van der Waals surface area contributed by atoms with Gasteiger partial charge in [0.2, 0.25) is 16.6 Å². The SMILES string of the molecule is CC(=O)N1c2ccccc2-[n+]2ccsc2C[C@@H]1C. The molecule has 0 unspecified atom stereocenters. The molecule has 1 amide bonds. The van der Waals surface area contributed by atoms with Crippen LogP contribution in [-0.2, 0) is 11.2 Å². The van der Waals surface area contributed by atoms with Crippen molar-refractivity contribution in [2.24, 2.45) is 0 Å². The molecule has 1 aliphatic rings. The largest absolute Gasteiger partial charge is 0.303 e. The van der Waals surface area contributed by atoms with E-state index in [2.05, 4.69) is 29.1 Å². The first kappa shape index (κ1) is 11.4. The number of hydrogen-bond acceptors (Lipinski definition) is 2. The molecular formula is C14H15N2OS+. The number of carbonyl (C=O) groups is 1. The van der Waals surface area contributed by atoms with Crippen molar-refractivity contribution in [3.05, 3.63) is 40.8 Å². The molecule has 1 aromatic carbocycles. The van der Waals surface area contributed by atoms with Crippen LogP contribution >= 0.6 is 11.3 Å². The maximum Gasteiger partial charge on any atom is 0.245 e. The molecule has 0 radical (unpaired) electrons. The highest BCUT2D eigenvalue weighted by Crippen LogP contribution is 2.28. The van der Waals surface area contributed by atoms with Crippen LogP contribution in [0.3, 0.4) is 0 Å². The first-order valence-electron chi connectivity index (χ1n) is 6.05. The highest BCUT2D eigenvalue weighted by Gasteiger charge is 2.32. The number of hydrogen-bond donors (Lipinski definition) is 0. The second-order valence-corrected chi connectivity index (χ2v) is 5.58. The van der Waals surface area contributed by atoms with Crippen molar-refractivity contribution in [1.82, 2.24) is 0 Å². The van der Waals surface area contributed by atoms with E-state index < -0.39 is 0 Å². The Labute approximate surface area is 110 Å². The predicted molar refractivity (Wildman–Crippen MR) is 72.2 cm³/mol.